The Morgan fingerprint density at radius 3 is 2.44 bits per heavy atom. The first kappa shape index (κ1) is 11.9. The zero-order valence-electron chi connectivity index (χ0n) is 4.55. The van der Waals surface area contributed by atoms with E-state index in [1.165, 1.54) is 0 Å². The summed E-state index contributed by atoms with van der Waals surface area (Å²) in [4.78, 5) is 3.93. The van der Waals surface area contributed by atoms with Crippen molar-refractivity contribution in [3.05, 3.63) is 16.6 Å². The second kappa shape index (κ2) is 6.29. The molecule has 0 aromatic carbocycles. The van der Waals surface area contributed by atoms with Gasteiger partial charge in [-0.25, -0.2) is 4.98 Å². The SMILES string of the molecule is NCc1nccs1.[Cl-].[Cl-]. The number of hydrogen-bond donors (Lipinski definition) is 1. The van der Waals surface area contributed by atoms with Gasteiger partial charge in [0.15, 0.2) is 0 Å². The molecular formula is C4H6Cl2N2S-2. The highest BCUT2D eigenvalue weighted by atomic mass is 35.5. The average Bonchev–Trinajstić information content (AvgIpc) is 2.14. The lowest BCUT2D eigenvalue weighted by molar-refractivity contribution is -0.001000. The highest BCUT2D eigenvalue weighted by Crippen LogP contribution is 2.00. The maximum Gasteiger partial charge on any atom is 0.106 e. The minimum atomic E-state index is 0. The zero-order chi connectivity index (χ0) is 5.11. The van der Waals surface area contributed by atoms with Crippen LogP contribution in [0, 0.1) is 0 Å². The number of aromatic nitrogens is 1. The number of nitrogens with zero attached hydrogens (tertiary/aromatic N) is 1. The van der Waals surface area contributed by atoms with E-state index in [2.05, 4.69) is 4.98 Å². The van der Waals surface area contributed by atoms with Crippen molar-refractivity contribution >= 4 is 11.3 Å². The third-order valence-corrected chi connectivity index (χ3v) is 1.46. The first-order valence-corrected chi connectivity index (χ1v) is 2.90. The molecule has 9 heavy (non-hydrogen) atoms. The Labute approximate surface area is 70.3 Å². The van der Waals surface area contributed by atoms with Gasteiger partial charge >= 0.3 is 0 Å². The molecular weight excluding hydrogens is 179 g/mol. The van der Waals surface area contributed by atoms with Gasteiger partial charge in [0.2, 0.25) is 0 Å². The summed E-state index contributed by atoms with van der Waals surface area (Å²) in [6, 6.07) is 0. The number of halogens is 2. The molecule has 0 spiro atoms. The molecule has 1 aromatic rings. The molecule has 2 N–H and O–H groups in total. The first-order chi connectivity index (χ1) is 3.43. The van der Waals surface area contributed by atoms with Gasteiger partial charge in [0.05, 0.1) is 0 Å². The zero-order valence-corrected chi connectivity index (χ0v) is 6.88. The largest absolute Gasteiger partial charge is 1.00 e. The molecule has 0 saturated heterocycles. The van der Waals surface area contributed by atoms with Crippen LogP contribution in [0.1, 0.15) is 5.01 Å². The van der Waals surface area contributed by atoms with Gasteiger partial charge in [0, 0.05) is 18.1 Å². The quantitative estimate of drug-likeness (QED) is 0.474. The van der Waals surface area contributed by atoms with Gasteiger partial charge in [-0.05, 0) is 0 Å². The van der Waals surface area contributed by atoms with E-state index >= 15 is 0 Å². The van der Waals surface area contributed by atoms with Gasteiger partial charge in [-0.15, -0.1) is 11.3 Å². The summed E-state index contributed by atoms with van der Waals surface area (Å²) in [5.74, 6) is 0. The maximum absolute atomic E-state index is 5.24. The van der Waals surface area contributed by atoms with E-state index in [0.29, 0.717) is 6.54 Å². The molecule has 2 nitrogen and oxygen atoms in total. The molecule has 0 radical (unpaired) electrons. The van der Waals surface area contributed by atoms with Crippen molar-refractivity contribution in [1.29, 1.82) is 0 Å². The number of hydrogen-bond acceptors (Lipinski definition) is 3. The molecule has 0 bridgehead atoms. The van der Waals surface area contributed by atoms with Crippen molar-refractivity contribution in [3.63, 3.8) is 0 Å². The summed E-state index contributed by atoms with van der Waals surface area (Å²) in [6.45, 7) is 0.567. The molecule has 0 aliphatic rings. The molecule has 0 fully saturated rings. The third kappa shape index (κ3) is 3.70. The minimum absolute atomic E-state index is 0. The third-order valence-electron chi connectivity index (χ3n) is 0.658. The summed E-state index contributed by atoms with van der Waals surface area (Å²) < 4.78 is 0. The van der Waals surface area contributed by atoms with Crippen LogP contribution in [0.4, 0.5) is 0 Å². The smallest absolute Gasteiger partial charge is 0.106 e. The molecule has 0 aliphatic heterocycles. The molecule has 0 aliphatic carbocycles. The van der Waals surface area contributed by atoms with Crippen LogP contribution in [0.3, 0.4) is 0 Å². The summed E-state index contributed by atoms with van der Waals surface area (Å²) in [5, 5.41) is 2.92. The number of nitrogens with two attached hydrogens (primary N) is 1. The minimum Gasteiger partial charge on any atom is -1.00 e. The van der Waals surface area contributed by atoms with Crippen LogP contribution in [0.5, 0.6) is 0 Å². The van der Waals surface area contributed by atoms with E-state index < -0.39 is 0 Å². The molecule has 5 heteroatoms. The predicted molar refractivity (Wildman–Crippen MR) is 30.0 cm³/mol. The fraction of sp³-hybridized carbons (Fsp3) is 0.250. The summed E-state index contributed by atoms with van der Waals surface area (Å²) in [6.07, 6.45) is 1.76. The summed E-state index contributed by atoms with van der Waals surface area (Å²) in [7, 11) is 0. The molecule has 0 amide bonds. The lowest BCUT2D eigenvalue weighted by Gasteiger charge is -1.78. The topological polar surface area (TPSA) is 38.9 Å². The van der Waals surface area contributed by atoms with Crippen molar-refractivity contribution in [2.75, 3.05) is 0 Å². The standard InChI is InChI=1S/C4H6N2S.2ClH/c5-3-4-6-1-2-7-4;;/h1-2H,3,5H2;2*1H/p-2. The molecule has 1 aromatic heterocycles. The van der Waals surface area contributed by atoms with E-state index in [4.69, 9.17) is 5.73 Å². The second-order valence-corrected chi connectivity index (χ2v) is 2.11. The van der Waals surface area contributed by atoms with Crippen LogP contribution in [0.25, 0.3) is 0 Å². The van der Waals surface area contributed by atoms with E-state index in [1.54, 1.807) is 17.5 Å². The van der Waals surface area contributed by atoms with Crippen LogP contribution in [-0.2, 0) is 6.54 Å². The summed E-state index contributed by atoms with van der Waals surface area (Å²) in [5.41, 5.74) is 5.24. The average molecular weight is 185 g/mol. The van der Waals surface area contributed by atoms with Gasteiger partial charge in [-0.2, -0.15) is 0 Å². The van der Waals surface area contributed by atoms with Crippen molar-refractivity contribution in [2.45, 2.75) is 6.54 Å². The molecule has 0 saturated carbocycles. The highest BCUT2D eigenvalue weighted by molar-refractivity contribution is 7.09. The lowest BCUT2D eigenvalue weighted by atomic mass is 10.7. The summed E-state index contributed by atoms with van der Waals surface area (Å²) >= 11 is 1.59. The van der Waals surface area contributed by atoms with Crippen molar-refractivity contribution < 1.29 is 24.8 Å². The Morgan fingerprint density at radius 2 is 2.22 bits per heavy atom. The highest BCUT2D eigenvalue weighted by Gasteiger charge is 1.84. The van der Waals surface area contributed by atoms with Crippen LogP contribution >= 0.6 is 11.3 Å². The molecule has 0 unspecified atom stereocenters. The van der Waals surface area contributed by atoms with Crippen LogP contribution < -0.4 is 30.5 Å². The number of rotatable bonds is 1. The van der Waals surface area contributed by atoms with Gasteiger partial charge in [0.25, 0.3) is 0 Å². The number of thiazole rings is 1. The van der Waals surface area contributed by atoms with E-state index in [0.717, 1.165) is 5.01 Å². The van der Waals surface area contributed by atoms with Crippen molar-refractivity contribution in [1.82, 2.24) is 4.98 Å². The van der Waals surface area contributed by atoms with Crippen LogP contribution in [0.2, 0.25) is 0 Å². The fourth-order valence-corrected chi connectivity index (χ4v) is 0.851. The van der Waals surface area contributed by atoms with E-state index in [1.807, 2.05) is 5.38 Å². The Balaban J connectivity index is 0. The van der Waals surface area contributed by atoms with Crippen LogP contribution in [0.15, 0.2) is 11.6 Å². The van der Waals surface area contributed by atoms with Gasteiger partial charge in [-0.1, -0.05) is 0 Å². The Morgan fingerprint density at radius 1 is 1.56 bits per heavy atom. The van der Waals surface area contributed by atoms with E-state index in [-0.39, 0.29) is 24.8 Å². The lowest BCUT2D eigenvalue weighted by Crippen LogP contribution is -3.00. The molecule has 0 atom stereocenters. The first-order valence-electron chi connectivity index (χ1n) is 2.02. The maximum atomic E-state index is 5.24. The van der Waals surface area contributed by atoms with Crippen molar-refractivity contribution in [3.8, 4) is 0 Å². The van der Waals surface area contributed by atoms with E-state index in [9.17, 15) is 0 Å². The van der Waals surface area contributed by atoms with Crippen LogP contribution in [-0.4, -0.2) is 4.98 Å². The van der Waals surface area contributed by atoms with Gasteiger partial charge < -0.3 is 30.5 Å². The second-order valence-electron chi connectivity index (χ2n) is 1.13. The Bertz CT molecular complexity index is 131. The fourth-order valence-electron chi connectivity index (χ4n) is 0.354. The normalized spacial score (nSPS) is 7.22. The van der Waals surface area contributed by atoms with Gasteiger partial charge in [-0.3, -0.25) is 0 Å². The van der Waals surface area contributed by atoms with Gasteiger partial charge in [0.1, 0.15) is 5.01 Å². The molecule has 1 heterocycles. The monoisotopic (exact) mass is 184 g/mol. The Kier molecular flexibility index (Phi) is 8.32. The predicted octanol–water partition coefficient (Wildman–Crippen LogP) is -5.39. The Hall–Kier alpha value is 0.170. The van der Waals surface area contributed by atoms with Crippen molar-refractivity contribution in [2.24, 2.45) is 5.73 Å². The molecule has 54 valence electrons. The molecule has 1 rings (SSSR count).